The Morgan fingerprint density at radius 2 is 2.00 bits per heavy atom. The minimum absolute atomic E-state index is 0.0625. The van der Waals surface area contributed by atoms with Crippen LogP contribution in [0.2, 0.25) is 0 Å². The molecule has 0 fully saturated rings. The van der Waals surface area contributed by atoms with E-state index in [0.717, 1.165) is 5.56 Å². The van der Waals surface area contributed by atoms with Crippen molar-refractivity contribution < 1.29 is 24.9 Å². The number of phenols is 1. The van der Waals surface area contributed by atoms with Crippen LogP contribution in [0, 0.1) is 13.8 Å². The molecule has 1 atom stereocenters. The van der Waals surface area contributed by atoms with Crippen LogP contribution in [0.4, 0.5) is 0 Å². The molecular weight excluding hydrogens is 212 g/mol. The van der Waals surface area contributed by atoms with E-state index in [0.29, 0.717) is 5.56 Å². The van der Waals surface area contributed by atoms with Gasteiger partial charge in [-0.15, -0.1) is 0 Å². The number of aliphatic hydroxyl groups excluding tert-OH is 1. The summed E-state index contributed by atoms with van der Waals surface area (Å²) < 4.78 is 4.97. The normalized spacial score (nSPS) is 12.2. The predicted octanol–water partition coefficient (Wildman–Crippen LogP) is 1.14. The number of methoxy groups -OCH3 is 1. The summed E-state index contributed by atoms with van der Waals surface area (Å²) in [6.45, 7) is 3.49. The van der Waals surface area contributed by atoms with Crippen LogP contribution in [0.1, 0.15) is 22.8 Å². The summed E-state index contributed by atoms with van der Waals surface area (Å²) in [5.74, 6) is -1.56. The lowest BCUT2D eigenvalue weighted by Crippen LogP contribution is -2.11. The van der Waals surface area contributed by atoms with Crippen molar-refractivity contribution in [1.29, 1.82) is 0 Å². The molecule has 88 valence electrons. The van der Waals surface area contributed by atoms with Gasteiger partial charge in [-0.2, -0.15) is 0 Å². The van der Waals surface area contributed by atoms with Crippen molar-refractivity contribution in [1.82, 2.24) is 0 Å². The highest BCUT2D eigenvalue weighted by Crippen LogP contribution is 2.38. The van der Waals surface area contributed by atoms with Crippen LogP contribution in [0.3, 0.4) is 0 Å². The molecule has 0 heterocycles. The first-order chi connectivity index (χ1) is 7.40. The fourth-order valence-corrected chi connectivity index (χ4v) is 1.49. The van der Waals surface area contributed by atoms with Gasteiger partial charge in [0.1, 0.15) is 0 Å². The van der Waals surface area contributed by atoms with Gasteiger partial charge in [0.25, 0.3) is 0 Å². The quantitative estimate of drug-likeness (QED) is 0.719. The molecule has 5 heteroatoms. The number of benzene rings is 1. The molecule has 0 aromatic heterocycles. The Kier molecular flexibility index (Phi) is 3.39. The zero-order valence-electron chi connectivity index (χ0n) is 9.31. The summed E-state index contributed by atoms with van der Waals surface area (Å²) in [7, 11) is 1.37. The summed E-state index contributed by atoms with van der Waals surface area (Å²) >= 11 is 0. The van der Waals surface area contributed by atoms with Gasteiger partial charge in [-0.1, -0.05) is 0 Å². The molecule has 16 heavy (non-hydrogen) atoms. The smallest absolute Gasteiger partial charge is 0.337 e. The largest absolute Gasteiger partial charge is 0.504 e. The average molecular weight is 226 g/mol. The summed E-state index contributed by atoms with van der Waals surface area (Å²) in [4.78, 5) is 10.6. The molecule has 0 bridgehead atoms. The van der Waals surface area contributed by atoms with E-state index in [1.165, 1.54) is 13.2 Å². The molecule has 1 rings (SSSR count). The van der Waals surface area contributed by atoms with Crippen LogP contribution in [-0.4, -0.2) is 28.4 Å². The number of hydrogen-bond donors (Lipinski definition) is 3. The van der Waals surface area contributed by atoms with E-state index in [9.17, 15) is 15.0 Å². The third-order valence-corrected chi connectivity index (χ3v) is 2.53. The Morgan fingerprint density at radius 3 is 2.44 bits per heavy atom. The lowest BCUT2D eigenvalue weighted by Gasteiger charge is -2.15. The van der Waals surface area contributed by atoms with E-state index in [-0.39, 0.29) is 17.1 Å². The number of hydrogen-bond acceptors (Lipinski definition) is 4. The van der Waals surface area contributed by atoms with Gasteiger partial charge >= 0.3 is 5.97 Å². The second-order valence-electron chi connectivity index (χ2n) is 3.53. The van der Waals surface area contributed by atoms with Crippen molar-refractivity contribution in [2.75, 3.05) is 7.11 Å². The summed E-state index contributed by atoms with van der Waals surface area (Å²) in [5.41, 5.74) is 1.39. The fourth-order valence-electron chi connectivity index (χ4n) is 1.49. The van der Waals surface area contributed by atoms with Crippen LogP contribution in [0.5, 0.6) is 11.5 Å². The molecule has 1 aromatic carbocycles. The molecule has 1 unspecified atom stereocenters. The third kappa shape index (κ3) is 1.94. The van der Waals surface area contributed by atoms with Crippen molar-refractivity contribution in [3.63, 3.8) is 0 Å². The molecule has 0 saturated heterocycles. The molecule has 5 nitrogen and oxygen atoms in total. The SMILES string of the molecule is COc1c(C)c(C)cc(C(O)C(=O)O)c1O. The number of aromatic hydroxyl groups is 1. The molecule has 0 aliphatic carbocycles. The minimum Gasteiger partial charge on any atom is -0.504 e. The fraction of sp³-hybridized carbons (Fsp3) is 0.364. The van der Waals surface area contributed by atoms with E-state index >= 15 is 0 Å². The highest BCUT2D eigenvalue weighted by atomic mass is 16.5. The van der Waals surface area contributed by atoms with Gasteiger partial charge < -0.3 is 20.1 Å². The Morgan fingerprint density at radius 1 is 1.44 bits per heavy atom. The maximum absolute atomic E-state index is 10.6. The van der Waals surface area contributed by atoms with E-state index in [2.05, 4.69) is 0 Å². The Bertz CT molecular complexity index is 425. The van der Waals surface area contributed by atoms with E-state index in [1.807, 2.05) is 0 Å². The summed E-state index contributed by atoms with van der Waals surface area (Å²) in [5, 5.41) is 27.8. The standard InChI is InChI=1S/C11H14O5/c1-5-4-7(9(13)11(14)15)8(12)10(16-3)6(5)2/h4,9,12-13H,1-3H3,(H,14,15). The Labute approximate surface area is 92.9 Å². The number of aliphatic carboxylic acids is 1. The van der Waals surface area contributed by atoms with Gasteiger partial charge in [-0.3, -0.25) is 0 Å². The number of carboxylic acid groups (broad SMARTS) is 1. The molecule has 0 amide bonds. The second kappa shape index (κ2) is 4.40. The number of carboxylic acids is 1. The molecule has 0 radical (unpaired) electrons. The molecule has 1 aromatic rings. The Hall–Kier alpha value is -1.75. The number of carbonyl (C=O) groups is 1. The zero-order chi connectivity index (χ0) is 12.5. The lowest BCUT2D eigenvalue weighted by atomic mass is 10.00. The molecule has 3 N–H and O–H groups in total. The van der Waals surface area contributed by atoms with Crippen LogP contribution in [-0.2, 0) is 4.79 Å². The van der Waals surface area contributed by atoms with E-state index in [1.54, 1.807) is 13.8 Å². The number of phenolic OH excluding ortho intramolecular Hbond substituents is 1. The minimum atomic E-state index is -1.76. The van der Waals surface area contributed by atoms with Gasteiger partial charge in [0, 0.05) is 5.56 Å². The molecule has 0 spiro atoms. The Balaban J connectivity index is 3.42. The first-order valence-corrected chi connectivity index (χ1v) is 4.68. The number of aryl methyl sites for hydroxylation is 1. The maximum atomic E-state index is 10.6. The van der Waals surface area contributed by atoms with Crippen LogP contribution < -0.4 is 4.74 Å². The van der Waals surface area contributed by atoms with Gasteiger partial charge in [-0.05, 0) is 31.0 Å². The highest BCUT2D eigenvalue weighted by molar-refractivity contribution is 5.76. The predicted molar refractivity (Wildman–Crippen MR) is 56.7 cm³/mol. The van der Waals surface area contributed by atoms with Gasteiger partial charge in [0.15, 0.2) is 17.6 Å². The third-order valence-electron chi connectivity index (χ3n) is 2.53. The second-order valence-corrected chi connectivity index (χ2v) is 3.53. The van der Waals surface area contributed by atoms with Gasteiger partial charge in [0.2, 0.25) is 0 Å². The average Bonchev–Trinajstić information content (AvgIpc) is 2.23. The van der Waals surface area contributed by atoms with Crippen molar-refractivity contribution in [2.45, 2.75) is 20.0 Å². The molecular formula is C11H14O5. The van der Waals surface area contributed by atoms with Crippen molar-refractivity contribution >= 4 is 5.97 Å². The van der Waals surface area contributed by atoms with Crippen molar-refractivity contribution in [3.05, 3.63) is 22.8 Å². The lowest BCUT2D eigenvalue weighted by molar-refractivity contribution is -0.147. The highest BCUT2D eigenvalue weighted by Gasteiger charge is 2.24. The van der Waals surface area contributed by atoms with E-state index in [4.69, 9.17) is 9.84 Å². The van der Waals surface area contributed by atoms with E-state index < -0.39 is 12.1 Å². The van der Waals surface area contributed by atoms with Crippen LogP contribution in [0.15, 0.2) is 6.07 Å². The van der Waals surface area contributed by atoms with Crippen molar-refractivity contribution in [2.24, 2.45) is 0 Å². The van der Waals surface area contributed by atoms with Crippen molar-refractivity contribution in [3.8, 4) is 11.5 Å². The number of ether oxygens (including phenoxy) is 1. The summed E-state index contributed by atoms with van der Waals surface area (Å²) in [6.07, 6.45) is -1.76. The number of rotatable bonds is 3. The first kappa shape index (κ1) is 12.3. The topological polar surface area (TPSA) is 87.0 Å². The van der Waals surface area contributed by atoms with Crippen LogP contribution in [0.25, 0.3) is 0 Å². The van der Waals surface area contributed by atoms with Crippen LogP contribution >= 0.6 is 0 Å². The summed E-state index contributed by atoms with van der Waals surface area (Å²) in [6, 6.07) is 1.44. The maximum Gasteiger partial charge on any atom is 0.337 e. The molecule has 0 aliphatic heterocycles. The monoisotopic (exact) mass is 226 g/mol. The first-order valence-electron chi connectivity index (χ1n) is 4.68. The van der Waals surface area contributed by atoms with Gasteiger partial charge in [-0.25, -0.2) is 4.79 Å². The number of aliphatic hydroxyl groups is 1. The zero-order valence-corrected chi connectivity index (χ0v) is 9.31. The molecule has 0 aliphatic rings. The molecule has 0 saturated carbocycles. The van der Waals surface area contributed by atoms with Gasteiger partial charge in [0.05, 0.1) is 7.11 Å².